The lowest BCUT2D eigenvalue weighted by atomic mass is 10.0. The number of aliphatic carboxylic acids is 1. The summed E-state index contributed by atoms with van der Waals surface area (Å²) in [4.78, 5) is 34.4. The second-order valence-corrected chi connectivity index (χ2v) is 6.45. The first-order valence-corrected chi connectivity index (χ1v) is 8.67. The molecule has 0 radical (unpaired) electrons. The van der Waals surface area contributed by atoms with Gasteiger partial charge in [-0.2, -0.15) is 0 Å². The molecule has 0 bridgehead atoms. The Hall–Kier alpha value is -3.41. The molecule has 1 amide bonds. The number of primary amides is 1. The van der Waals surface area contributed by atoms with Crippen LogP contribution in [0.15, 0.2) is 54.7 Å². The maximum Gasteiger partial charge on any atom is 0.303 e. The molecule has 0 saturated heterocycles. The van der Waals surface area contributed by atoms with E-state index in [9.17, 15) is 14.4 Å². The van der Waals surface area contributed by atoms with Gasteiger partial charge < -0.3 is 15.4 Å². The third kappa shape index (κ3) is 4.23. The van der Waals surface area contributed by atoms with Crippen LogP contribution in [0.3, 0.4) is 0 Å². The number of nitrogens with two attached hydrogens (primary N) is 1. The van der Waals surface area contributed by atoms with Crippen LogP contribution in [0.2, 0.25) is 0 Å². The fourth-order valence-electron chi connectivity index (χ4n) is 3.17. The lowest BCUT2D eigenvalue weighted by molar-refractivity contribution is -0.137. The first kappa shape index (κ1) is 18.4. The molecule has 0 fully saturated rings. The van der Waals surface area contributed by atoms with Crippen molar-refractivity contribution in [2.45, 2.75) is 25.8 Å². The van der Waals surface area contributed by atoms with Gasteiger partial charge in [-0.25, -0.2) is 0 Å². The van der Waals surface area contributed by atoms with Crippen molar-refractivity contribution in [2.75, 3.05) is 0 Å². The lowest BCUT2D eigenvalue weighted by Crippen LogP contribution is -2.22. The van der Waals surface area contributed by atoms with Gasteiger partial charge in [-0.1, -0.05) is 36.4 Å². The smallest absolute Gasteiger partial charge is 0.303 e. The van der Waals surface area contributed by atoms with Crippen LogP contribution < -0.4 is 5.73 Å². The third-order valence-electron chi connectivity index (χ3n) is 4.47. The van der Waals surface area contributed by atoms with Crippen LogP contribution in [0.25, 0.3) is 10.9 Å². The van der Waals surface area contributed by atoms with Crippen LogP contribution in [-0.2, 0) is 22.6 Å². The zero-order valence-electron chi connectivity index (χ0n) is 14.7. The van der Waals surface area contributed by atoms with Gasteiger partial charge in [0.25, 0.3) is 11.7 Å². The van der Waals surface area contributed by atoms with Crippen molar-refractivity contribution in [3.05, 3.63) is 71.4 Å². The van der Waals surface area contributed by atoms with Crippen molar-refractivity contribution < 1.29 is 19.5 Å². The molecule has 0 saturated carbocycles. The highest BCUT2D eigenvalue weighted by Gasteiger charge is 2.19. The molecule has 0 aliphatic carbocycles. The minimum Gasteiger partial charge on any atom is -0.481 e. The second-order valence-electron chi connectivity index (χ2n) is 6.45. The van der Waals surface area contributed by atoms with E-state index in [0.717, 1.165) is 16.6 Å². The topological polar surface area (TPSA) is 102 Å². The molecule has 2 aromatic carbocycles. The van der Waals surface area contributed by atoms with Crippen molar-refractivity contribution in [2.24, 2.45) is 5.73 Å². The highest BCUT2D eigenvalue weighted by atomic mass is 16.4. The minimum absolute atomic E-state index is 0.0835. The summed E-state index contributed by atoms with van der Waals surface area (Å²) in [5, 5.41) is 9.44. The van der Waals surface area contributed by atoms with Crippen LogP contribution in [-0.4, -0.2) is 27.3 Å². The first-order valence-electron chi connectivity index (χ1n) is 8.67. The molecule has 6 heteroatoms. The summed E-state index contributed by atoms with van der Waals surface area (Å²) in [7, 11) is 0. The van der Waals surface area contributed by atoms with Gasteiger partial charge in [0.1, 0.15) is 0 Å². The normalized spacial score (nSPS) is 10.8. The van der Waals surface area contributed by atoms with Gasteiger partial charge in [-0.15, -0.1) is 0 Å². The maximum absolute atomic E-state index is 12.3. The molecule has 3 aromatic rings. The van der Waals surface area contributed by atoms with Gasteiger partial charge >= 0.3 is 5.97 Å². The summed E-state index contributed by atoms with van der Waals surface area (Å²) in [5.74, 6) is -2.56. The number of fused-ring (bicyclic) bond motifs is 1. The molecule has 0 atom stereocenters. The molecular weight excluding hydrogens is 344 g/mol. The van der Waals surface area contributed by atoms with Gasteiger partial charge in [0.05, 0.1) is 5.56 Å². The highest BCUT2D eigenvalue weighted by molar-refractivity contribution is 6.44. The van der Waals surface area contributed by atoms with E-state index in [0.29, 0.717) is 24.8 Å². The Labute approximate surface area is 156 Å². The van der Waals surface area contributed by atoms with E-state index < -0.39 is 17.7 Å². The molecule has 6 nitrogen and oxygen atoms in total. The quantitative estimate of drug-likeness (QED) is 0.474. The highest BCUT2D eigenvalue weighted by Crippen LogP contribution is 2.25. The molecular formula is C21H20N2O4. The Balaban J connectivity index is 2.00. The number of carboxylic acids is 1. The zero-order chi connectivity index (χ0) is 19.4. The summed E-state index contributed by atoms with van der Waals surface area (Å²) in [6.45, 7) is 0.557. The summed E-state index contributed by atoms with van der Waals surface area (Å²) in [6, 6.07) is 15.4. The Kier molecular flexibility index (Phi) is 5.35. The van der Waals surface area contributed by atoms with Gasteiger partial charge in [0, 0.05) is 30.1 Å². The molecule has 0 spiro atoms. The fraction of sp³-hybridized carbons (Fsp3) is 0.190. The van der Waals surface area contributed by atoms with Gasteiger partial charge in [0.15, 0.2) is 0 Å². The fourth-order valence-corrected chi connectivity index (χ4v) is 3.17. The standard InChI is InChI=1S/C21H20N2O4/c22-21(27)20(26)17-13-23(12-15-5-2-1-3-6-15)18-10-9-14(11-16(17)18)7-4-8-19(24)25/h1-3,5-6,9-11,13H,4,7-8,12H2,(H2,22,27)(H,24,25). The van der Waals surface area contributed by atoms with E-state index in [2.05, 4.69) is 0 Å². The number of benzene rings is 2. The molecule has 0 aliphatic rings. The molecule has 27 heavy (non-hydrogen) atoms. The Morgan fingerprint density at radius 3 is 2.41 bits per heavy atom. The average Bonchev–Trinajstić information content (AvgIpc) is 2.99. The summed E-state index contributed by atoms with van der Waals surface area (Å²) in [5.41, 5.74) is 8.29. The number of ketones is 1. The van der Waals surface area contributed by atoms with Crippen LogP contribution in [0.1, 0.15) is 34.3 Å². The zero-order valence-corrected chi connectivity index (χ0v) is 14.7. The Morgan fingerprint density at radius 1 is 1.00 bits per heavy atom. The predicted molar refractivity (Wildman–Crippen MR) is 102 cm³/mol. The van der Waals surface area contributed by atoms with Crippen LogP contribution in [0.4, 0.5) is 0 Å². The number of aromatic nitrogens is 1. The number of rotatable bonds is 8. The van der Waals surface area contributed by atoms with Crippen LogP contribution >= 0.6 is 0 Å². The molecule has 0 aliphatic heterocycles. The first-order chi connectivity index (χ1) is 13.0. The summed E-state index contributed by atoms with van der Waals surface area (Å²) in [6.07, 6.45) is 2.83. The Morgan fingerprint density at radius 2 is 1.74 bits per heavy atom. The number of aryl methyl sites for hydroxylation is 1. The minimum atomic E-state index is -0.995. The van der Waals surface area contributed by atoms with E-state index in [1.165, 1.54) is 0 Å². The number of Topliss-reactive ketones (excluding diaryl/α,β-unsaturated/α-hetero) is 1. The molecule has 1 aromatic heterocycles. The van der Waals surface area contributed by atoms with Crippen molar-refractivity contribution in [1.82, 2.24) is 4.57 Å². The molecule has 138 valence electrons. The Bertz CT molecular complexity index is 1010. The summed E-state index contributed by atoms with van der Waals surface area (Å²) < 4.78 is 1.92. The number of nitrogens with zero attached hydrogens (tertiary/aromatic N) is 1. The largest absolute Gasteiger partial charge is 0.481 e. The van der Waals surface area contributed by atoms with Crippen molar-refractivity contribution >= 4 is 28.6 Å². The third-order valence-corrected chi connectivity index (χ3v) is 4.47. The number of hydrogen-bond donors (Lipinski definition) is 2. The van der Waals surface area contributed by atoms with E-state index in [4.69, 9.17) is 10.8 Å². The number of carbonyl (C=O) groups excluding carboxylic acids is 2. The van der Waals surface area contributed by atoms with Gasteiger partial charge in [-0.3, -0.25) is 14.4 Å². The average molecular weight is 364 g/mol. The van der Waals surface area contributed by atoms with Crippen molar-refractivity contribution in [1.29, 1.82) is 0 Å². The lowest BCUT2D eigenvalue weighted by Gasteiger charge is -2.06. The molecule has 3 N–H and O–H groups in total. The number of carboxylic acid groups (broad SMARTS) is 1. The number of carbonyl (C=O) groups is 3. The number of hydrogen-bond acceptors (Lipinski definition) is 3. The maximum atomic E-state index is 12.3. The monoisotopic (exact) mass is 364 g/mol. The second kappa shape index (κ2) is 7.86. The SMILES string of the molecule is NC(=O)C(=O)c1cn(Cc2ccccc2)c2ccc(CCCC(=O)O)cc12. The van der Waals surface area contributed by atoms with E-state index in [1.807, 2.05) is 53.1 Å². The van der Waals surface area contributed by atoms with E-state index >= 15 is 0 Å². The van der Waals surface area contributed by atoms with E-state index in [-0.39, 0.29) is 12.0 Å². The van der Waals surface area contributed by atoms with Gasteiger partial charge in [0.2, 0.25) is 0 Å². The van der Waals surface area contributed by atoms with Crippen molar-refractivity contribution in [3.63, 3.8) is 0 Å². The van der Waals surface area contributed by atoms with Crippen molar-refractivity contribution in [3.8, 4) is 0 Å². The summed E-state index contributed by atoms with van der Waals surface area (Å²) >= 11 is 0. The molecule has 1 heterocycles. The number of amides is 1. The predicted octanol–water partition coefficient (Wildman–Crippen LogP) is 2.76. The van der Waals surface area contributed by atoms with Crippen LogP contribution in [0.5, 0.6) is 0 Å². The molecule has 0 unspecified atom stereocenters. The molecule has 3 rings (SSSR count). The van der Waals surface area contributed by atoms with Gasteiger partial charge in [-0.05, 0) is 36.1 Å². The van der Waals surface area contributed by atoms with E-state index in [1.54, 1.807) is 6.20 Å². The van der Waals surface area contributed by atoms with Crippen LogP contribution in [0, 0.1) is 0 Å².